The first-order valence-corrected chi connectivity index (χ1v) is 7.05. The molecule has 6 nitrogen and oxygen atoms in total. The number of hydrogen-bond acceptors (Lipinski definition) is 5. The van der Waals surface area contributed by atoms with E-state index in [-0.39, 0.29) is 17.7 Å². The Morgan fingerprint density at radius 1 is 1.38 bits per heavy atom. The van der Waals surface area contributed by atoms with Crippen LogP contribution in [0.25, 0.3) is 0 Å². The number of nitrogens with zero attached hydrogens (tertiary/aromatic N) is 3. The number of rotatable bonds is 4. The summed E-state index contributed by atoms with van der Waals surface area (Å²) in [5.41, 5.74) is 0. The lowest BCUT2D eigenvalue weighted by atomic mass is 10.2. The summed E-state index contributed by atoms with van der Waals surface area (Å²) in [6.45, 7) is 0. The molecule has 6 heteroatoms. The number of hydrogen-bond donors (Lipinski definition) is 0. The topological polar surface area (TPSA) is 68.5 Å². The fraction of sp³-hybridized carbons (Fsp3) is 0.400. The monoisotopic (exact) mass is 287 g/mol. The highest BCUT2D eigenvalue weighted by Crippen LogP contribution is 2.29. The maximum absolute atomic E-state index is 12.8. The van der Waals surface area contributed by atoms with Gasteiger partial charge in [0, 0.05) is 12.2 Å². The van der Waals surface area contributed by atoms with Crippen molar-refractivity contribution in [1.82, 2.24) is 10.1 Å². The minimum absolute atomic E-state index is 0.156. The van der Waals surface area contributed by atoms with Crippen LogP contribution in [-0.2, 0) is 0 Å². The summed E-state index contributed by atoms with van der Waals surface area (Å²) in [7, 11) is 1.49. The van der Waals surface area contributed by atoms with Gasteiger partial charge >= 0.3 is 0 Å². The summed E-state index contributed by atoms with van der Waals surface area (Å²) in [4.78, 5) is 18.8. The van der Waals surface area contributed by atoms with Crippen molar-refractivity contribution < 1.29 is 14.1 Å². The van der Waals surface area contributed by atoms with Crippen LogP contribution in [0.3, 0.4) is 0 Å². The minimum atomic E-state index is -0.226. The fourth-order valence-electron chi connectivity index (χ4n) is 2.69. The van der Waals surface area contributed by atoms with Crippen molar-refractivity contribution in [2.75, 3.05) is 12.0 Å². The third kappa shape index (κ3) is 2.74. The van der Waals surface area contributed by atoms with Crippen LogP contribution in [0.5, 0.6) is 5.88 Å². The molecule has 0 saturated heterocycles. The van der Waals surface area contributed by atoms with Gasteiger partial charge in [-0.2, -0.15) is 0 Å². The Balaban J connectivity index is 1.92. The Bertz CT molecular complexity index is 606. The molecule has 0 spiro atoms. The second kappa shape index (κ2) is 5.95. The van der Waals surface area contributed by atoms with E-state index in [0.29, 0.717) is 11.7 Å². The second-order valence-corrected chi connectivity index (χ2v) is 5.03. The smallest absolute Gasteiger partial charge is 0.298 e. The predicted molar refractivity (Wildman–Crippen MR) is 76.4 cm³/mol. The molecule has 21 heavy (non-hydrogen) atoms. The summed E-state index contributed by atoms with van der Waals surface area (Å²) < 4.78 is 10.1. The van der Waals surface area contributed by atoms with Gasteiger partial charge in [-0.05, 0) is 30.1 Å². The van der Waals surface area contributed by atoms with E-state index >= 15 is 0 Å². The lowest BCUT2D eigenvalue weighted by Crippen LogP contribution is -2.39. The van der Waals surface area contributed by atoms with Crippen LogP contribution in [-0.4, -0.2) is 29.2 Å². The molecule has 0 aromatic carbocycles. The van der Waals surface area contributed by atoms with Crippen molar-refractivity contribution in [2.24, 2.45) is 0 Å². The summed E-state index contributed by atoms with van der Waals surface area (Å²) in [6, 6.07) is 7.21. The maximum Gasteiger partial charge on any atom is 0.298 e. The van der Waals surface area contributed by atoms with Gasteiger partial charge in [-0.25, -0.2) is 4.98 Å². The van der Waals surface area contributed by atoms with Crippen molar-refractivity contribution in [3.8, 4) is 5.88 Å². The Morgan fingerprint density at radius 2 is 2.19 bits per heavy atom. The normalized spacial score (nSPS) is 15.1. The summed E-state index contributed by atoms with van der Waals surface area (Å²) >= 11 is 0. The van der Waals surface area contributed by atoms with Gasteiger partial charge in [-0.3, -0.25) is 9.69 Å². The number of methoxy groups -OCH3 is 1. The summed E-state index contributed by atoms with van der Waals surface area (Å²) in [5, 5.41) is 3.69. The van der Waals surface area contributed by atoms with Crippen molar-refractivity contribution >= 4 is 11.7 Å². The molecule has 0 aliphatic heterocycles. The number of anilines is 1. The average Bonchev–Trinajstić information content (AvgIpc) is 3.20. The van der Waals surface area contributed by atoms with E-state index in [0.717, 1.165) is 25.7 Å². The van der Waals surface area contributed by atoms with Gasteiger partial charge in [0.2, 0.25) is 5.76 Å². The molecular formula is C15H17N3O3. The van der Waals surface area contributed by atoms with Crippen LogP contribution in [0.2, 0.25) is 0 Å². The highest BCUT2D eigenvalue weighted by molar-refractivity contribution is 6.04. The quantitative estimate of drug-likeness (QED) is 0.864. The van der Waals surface area contributed by atoms with Gasteiger partial charge < -0.3 is 9.26 Å². The summed E-state index contributed by atoms with van der Waals surface area (Å²) in [6.07, 6.45) is 5.90. The zero-order valence-corrected chi connectivity index (χ0v) is 11.9. The largest absolute Gasteiger partial charge is 0.479 e. The molecule has 0 bridgehead atoms. The standard InChI is InChI=1S/C15H17N3O3/c1-20-14-10-12(21-17-14)15(19)18(11-6-2-3-7-11)13-8-4-5-9-16-13/h4-5,8-11H,2-3,6-7H2,1H3. The van der Waals surface area contributed by atoms with E-state index in [9.17, 15) is 4.79 Å². The first kappa shape index (κ1) is 13.6. The lowest BCUT2D eigenvalue weighted by Gasteiger charge is -2.26. The van der Waals surface area contributed by atoms with Gasteiger partial charge in [0.05, 0.1) is 13.2 Å². The van der Waals surface area contributed by atoms with Crippen LogP contribution in [0, 0.1) is 0 Å². The second-order valence-electron chi connectivity index (χ2n) is 5.03. The third-order valence-corrected chi connectivity index (χ3v) is 3.71. The molecule has 0 atom stereocenters. The van der Waals surface area contributed by atoms with Gasteiger partial charge in [0.15, 0.2) is 0 Å². The van der Waals surface area contributed by atoms with Crippen LogP contribution in [0.1, 0.15) is 36.2 Å². The number of aromatic nitrogens is 2. The minimum Gasteiger partial charge on any atom is -0.479 e. The molecule has 0 radical (unpaired) electrons. The van der Waals surface area contributed by atoms with Gasteiger partial charge in [0.25, 0.3) is 11.8 Å². The van der Waals surface area contributed by atoms with E-state index in [4.69, 9.17) is 9.26 Å². The number of carbonyl (C=O) groups excluding carboxylic acids is 1. The van der Waals surface area contributed by atoms with E-state index in [1.807, 2.05) is 18.2 Å². The van der Waals surface area contributed by atoms with Crippen LogP contribution in [0.4, 0.5) is 5.82 Å². The van der Waals surface area contributed by atoms with Crippen molar-refractivity contribution in [2.45, 2.75) is 31.7 Å². The Labute approximate surface area is 122 Å². The number of pyridine rings is 1. The van der Waals surface area contributed by atoms with E-state index in [1.165, 1.54) is 13.2 Å². The Kier molecular flexibility index (Phi) is 3.85. The zero-order valence-electron chi connectivity index (χ0n) is 11.9. The van der Waals surface area contributed by atoms with Crippen LogP contribution in [0.15, 0.2) is 35.0 Å². The van der Waals surface area contributed by atoms with Crippen LogP contribution >= 0.6 is 0 Å². The van der Waals surface area contributed by atoms with Gasteiger partial charge in [-0.1, -0.05) is 18.9 Å². The molecule has 1 aliphatic carbocycles. The zero-order chi connectivity index (χ0) is 14.7. The number of carbonyl (C=O) groups is 1. The maximum atomic E-state index is 12.8. The SMILES string of the molecule is COc1cc(C(=O)N(c2ccccn2)C2CCCC2)on1. The molecule has 1 saturated carbocycles. The predicted octanol–water partition coefficient (Wildman–Crippen LogP) is 2.67. The van der Waals surface area contributed by atoms with E-state index < -0.39 is 0 Å². The first-order chi connectivity index (χ1) is 10.3. The molecule has 110 valence electrons. The van der Waals surface area contributed by atoms with E-state index in [2.05, 4.69) is 10.1 Å². The highest BCUT2D eigenvalue weighted by atomic mass is 16.5. The molecule has 2 aromatic heterocycles. The molecule has 2 aromatic rings. The van der Waals surface area contributed by atoms with E-state index in [1.54, 1.807) is 11.1 Å². The molecule has 1 amide bonds. The molecule has 2 heterocycles. The molecule has 3 rings (SSSR count). The first-order valence-electron chi connectivity index (χ1n) is 7.05. The van der Waals surface area contributed by atoms with Crippen molar-refractivity contribution in [1.29, 1.82) is 0 Å². The van der Waals surface area contributed by atoms with Gasteiger partial charge in [-0.15, -0.1) is 0 Å². The Hall–Kier alpha value is -2.37. The van der Waals surface area contributed by atoms with Gasteiger partial charge in [0.1, 0.15) is 5.82 Å². The molecular weight excluding hydrogens is 270 g/mol. The number of amides is 1. The molecule has 1 aliphatic rings. The summed E-state index contributed by atoms with van der Waals surface area (Å²) in [5.74, 6) is 0.885. The third-order valence-electron chi connectivity index (χ3n) is 3.71. The lowest BCUT2D eigenvalue weighted by molar-refractivity contribution is 0.0940. The van der Waals surface area contributed by atoms with Crippen molar-refractivity contribution in [3.63, 3.8) is 0 Å². The molecule has 1 fully saturated rings. The van der Waals surface area contributed by atoms with Crippen molar-refractivity contribution in [3.05, 3.63) is 36.2 Å². The highest BCUT2D eigenvalue weighted by Gasteiger charge is 2.31. The number of ether oxygens (including phenoxy) is 1. The van der Waals surface area contributed by atoms with Crippen LogP contribution < -0.4 is 9.64 Å². The fourth-order valence-corrected chi connectivity index (χ4v) is 2.69. The Morgan fingerprint density at radius 3 is 2.81 bits per heavy atom. The molecule has 0 N–H and O–H groups in total. The molecule has 0 unspecified atom stereocenters. The average molecular weight is 287 g/mol.